The van der Waals surface area contributed by atoms with Crippen molar-refractivity contribution in [3.8, 4) is 0 Å². The summed E-state index contributed by atoms with van der Waals surface area (Å²) in [4.78, 5) is 33.4. The molecule has 1 N–H and O–H groups in total. The van der Waals surface area contributed by atoms with E-state index in [1.807, 2.05) is 29.2 Å². The van der Waals surface area contributed by atoms with E-state index in [1.54, 1.807) is 6.92 Å². The van der Waals surface area contributed by atoms with E-state index >= 15 is 0 Å². The Morgan fingerprint density at radius 3 is 3.08 bits per heavy atom. The number of carbonyl (C=O) groups excluding carboxylic acids is 1. The highest BCUT2D eigenvalue weighted by molar-refractivity contribution is 5.86. The number of aryl methyl sites for hydroxylation is 1. The van der Waals surface area contributed by atoms with Gasteiger partial charge in [0.2, 0.25) is 5.91 Å². The van der Waals surface area contributed by atoms with Crippen molar-refractivity contribution in [2.45, 2.75) is 32.1 Å². The maximum absolute atomic E-state index is 12.8. The van der Waals surface area contributed by atoms with Crippen molar-refractivity contribution in [3.63, 3.8) is 0 Å². The highest BCUT2D eigenvalue weighted by Crippen LogP contribution is 2.26. The Labute approximate surface area is 150 Å². The number of aromatic nitrogens is 3. The Morgan fingerprint density at radius 2 is 2.23 bits per heavy atom. The van der Waals surface area contributed by atoms with Gasteiger partial charge in [-0.3, -0.25) is 9.59 Å². The zero-order chi connectivity index (χ0) is 18.1. The van der Waals surface area contributed by atoms with E-state index < -0.39 is 0 Å². The van der Waals surface area contributed by atoms with E-state index in [1.165, 1.54) is 6.07 Å². The average molecular weight is 352 g/mol. The van der Waals surface area contributed by atoms with Crippen molar-refractivity contribution < 1.29 is 9.32 Å². The molecule has 1 aliphatic rings. The monoisotopic (exact) mass is 352 g/mol. The van der Waals surface area contributed by atoms with Crippen LogP contribution in [0.2, 0.25) is 0 Å². The lowest BCUT2D eigenvalue weighted by atomic mass is 9.94. The smallest absolute Gasteiger partial charge is 0.251 e. The largest absolute Gasteiger partial charge is 0.356 e. The number of H-pyrrole nitrogens is 1. The van der Waals surface area contributed by atoms with Crippen molar-refractivity contribution in [3.05, 3.63) is 57.9 Å². The summed E-state index contributed by atoms with van der Waals surface area (Å²) in [5.41, 5.74) is 1.97. The van der Waals surface area contributed by atoms with Gasteiger partial charge < -0.3 is 14.4 Å². The van der Waals surface area contributed by atoms with Crippen LogP contribution >= 0.6 is 0 Å². The zero-order valence-corrected chi connectivity index (χ0v) is 14.6. The number of nitrogens with one attached hydrogen (secondary N) is 1. The van der Waals surface area contributed by atoms with E-state index in [0.717, 1.165) is 23.9 Å². The molecular weight excluding hydrogens is 332 g/mol. The molecule has 1 atom stereocenters. The number of fused-ring (bicyclic) bond motifs is 1. The quantitative estimate of drug-likeness (QED) is 0.780. The van der Waals surface area contributed by atoms with Crippen molar-refractivity contribution in [2.24, 2.45) is 0 Å². The number of piperidine rings is 1. The minimum absolute atomic E-state index is 0.0234. The minimum atomic E-state index is -0.148. The summed E-state index contributed by atoms with van der Waals surface area (Å²) in [6.45, 7) is 3.06. The molecule has 26 heavy (non-hydrogen) atoms. The molecule has 4 rings (SSSR count). The van der Waals surface area contributed by atoms with Crippen LogP contribution in [-0.4, -0.2) is 39.0 Å². The van der Waals surface area contributed by atoms with Gasteiger partial charge in [-0.2, -0.15) is 0 Å². The van der Waals surface area contributed by atoms with Gasteiger partial charge in [-0.1, -0.05) is 17.3 Å². The summed E-state index contributed by atoms with van der Waals surface area (Å²) in [6, 6.07) is 9.08. The number of amides is 1. The van der Waals surface area contributed by atoms with Crippen LogP contribution in [-0.2, 0) is 11.2 Å². The lowest BCUT2D eigenvalue weighted by molar-refractivity contribution is -0.131. The van der Waals surface area contributed by atoms with Crippen molar-refractivity contribution in [1.29, 1.82) is 0 Å². The Morgan fingerprint density at radius 1 is 1.38 bits per heavy atom. The number of nitrogens with zero attached hydrogens (tertiary/aromatic N) is 3. The number of aromatic amines is 1. The molecular formula is C19H20N4O3. The summed E-state index contributed by atoms with van der Waals surface area (Å²) < 4.78 is 5.29. The molecule has 0 bridgehead atoms. The highest BCUT2D eigenvalue weighted by atomic mass is 16.5. The van der Waals surface area contributed by atoms with Crippen LogP contribution in [0.3, 0.4) is 0 Å². The maximum atomic E-state index is 12.8. The lowest BCUT2D eigenvalue weighted by Crippen LogP contribution is -2.40. The number of likely N-dealkylation sites (tertiary alicyclic amines) is 1. The first-order valence-corrected chi connectivity index (χ1v) is 8.79. The maximum Gasteiger partial charge on any atom is 0.251 e. The van der Waals surface area contributed by atoms with Gasteiger partial charge >= 0.3 is 0 Å². The molecule has 1 amide bonds. The topological polar surface area (TPSA) is 92.1 Å². The van der Waals surface area contributed by atoms with Gasteiger partial charge in [-0.05, 0) is 31.9 Å². The molecule has 7 nitrogen and oxygen atoms in total. The van der Waals surface area contributed by atoms with Crippen LogP contribution in [0.4, 0.5) is 0 Å². The SMILES string of the molecule is Cc1nc([C@@H]2CCCN(C(=O)Cc3noc4ccccc34)C2)cc(=O)[nH]1. The number of benzene rings is 1. The van der Waals surface area contributed by atoms with Crippen LogP contribution < -0.4 is 5.56 Å². The molecule has 0 radical (unpaired) electrons. The second-order valence-electron chi connectivity index (χ2n) is 6.74. The van der Waals surface area contributed by atoms with Crippen LogP contribution in [0, 0.1) is 6.92 Å². The second kappa shape index (κ2) is 6.74. The molecule has 1 aliphatic heterocycles. The van der Waals surface area contributed by atoms with Crippen LogP contribution in [0.15, 0.2) is 39.6 Å². The van der Waals surface area contributed by atoms with Gasteiger partial charge in [0.05, 0.1) is 12.1 Å². The molecule has 0 unspecified atom stereocenters. The highest BCUT2D eigenvalue weighted by Gasteiger charge is 2.27. The van der Waals surface area contributed by atoms with Crippen molar-refractivity contribution in [2.75, 3.05) is 13.1 Å². The zero-order valence-electron chi connectivity index (χ0n) is 14.6. The summed E-state index contributed by atoms with van der Waals surface area (Å²) >= 11 is 0. The number of para-hydroxylation sites is 1. The summed E-state index contributed by atoms with van der Waals surface area (Å²) in [6.07, 6.45) is 2.03. The van der Waals surface area contributed by atoms with Crippen molar-refractivity contribution >= 4 is 16.9 Å². The Kier molecular flexibility index (Phi) is 4.28. The van der Waals surface area contributed by atoms with E-state index in [2.05, 4.69) is 15.1 Å². The molecule has 1 aromatic carbocycles. The summed E-state index contributed by atoms with van der Waals surface area (Å²) in [7, 11) is 0. The van der Waals surface area contributed by atoms with E-state index in [-0.39, 0.29) is 23.8 Å². The van der Waals surface area contributed by atoms with E-state index in [4.69, 9.17) is 4.52 Å². The lowest BCUT2D eigenvalue weighted by Gasteiger charge is -2.32. The first-order valence-electron chi connectivity index (χ1n) is 8.79. The Hall–Kier alpha value is -2.96. The molecule has 0 spiro atoms. The molecule has 3 heterocycles. The molecule has 0 saturated carbocycles. The summed E-state index contributed by atoms with van der Waals surface area (Å²) in [5.74, 6) is 0.711. The molecule has 0 aliphatic carbocycles. The first kappa shape index (κ1) is 16.5. The predicted octanol–water partition coefficient (Wildman–Crippen LogP) is 2.17. The minimum Gasteiger partial charge on any atom is -0.356 e. The van der Waals surface area contributed by atoms with Crippen LogP contribution in [0.1, 0.15) is 36.0 Å². The van der Waals surface area contributed by atoms with Gasteiger partial charge in [-0.25, -0.2) is 4.98 Å². The first-order chi connectivity index (χ1) is 12.6. The third-order valence-corrected chi connectivity index (χ3v) is 4.84. The fourth-order valence-electron chi connectivity index (χ4n) is 3.58. The van der Waals surface area contributed by atoms with Crippen LogP contribution in [0.25, 0.3) is 11.0 Å². The third kappa shape index (κ3) is 3.24. The third-order valence-electron chi connectivity index (χ3n) is 4.84. The normalized spacial score (nSPS) is 17.6. The molecule has 1 fully saturated rings. The molecule has 1 saturated heterocycles. The number of hydrogen-bond donors (Lipinski definition) is 1. The number of hydrogen-bond acceptors (Lipinski definition) is 5. The standard InChI is InChI=1S/C19H20N4O3/c1-12-20-15(9-18(24)21-12)13-5-4-8-23(11-13)19(25)10-16-14-6-2-3-7-17(14)26-22-16/h2-3,6-7,9,13H,4-5,8,10-11H2,1H3,(H,20,21,24)/t13-/m1/s1. The second-order valence-corrected chi connectivity index (χ2v) is 6.74. The molecule has 7 heteroatoms. The van der Waals surface area contributed by atoms with E-state index in [0.29, 0.717) is 30.2 Å². The fourth-order valence-corrected chi connectivity index (χ4v) is 3.58. The van der Waals surface area contributed by atoms with Gasteiger partial charge in [0.1, 0.15) is 11.5 Å². The summed E-state index contributed by atoms with van der Waals surface area (Å²) in [5, 5.41) is 4.93. The van der Waals surface area contributed by atoms with E-state index in [9.17, 15) is 9.59 Å². The van der Waals surface area contributed by atoms with Gasteiger partial charge in [0.15, 0.2) is 5.58 Å². The Balaban J connectivity index is 1.50. The fraction of sp³-hybridized carbons (Fsp3) is 0.368. The number of rotatable bonds is 3. The van der Waals surface area contributed by atoms with Crippen LogP contribution in [0.5, 0.6) is 0 Å². The predicted molar refractivity (Wildman–Crippen MR) is 95.9 cm³/mol. The van der Waals surface area contributed by atoms with Gasteiger partial charge in [0, 0.05) is 30.5 Å². The van der Waals surface area contributed by atoms with Crippen molar-refractivity contribution in [1.82, 2.24) is 20.0 Å². The van der Waals surface area contributed by atoms with Gasteiger partial charge in [0.25, 0.3) is 5.56 Å². The Bertz CT molecular complexity index is 1010. The molecule has 2 aromatic heterocycles. The average Bonchev–Trinajstić information content (AvgIpc) is 3.04. The molecule has 3 aromatic rings. The molecule has 134 valence electrons. The number of carbonyl (C=O) groups is 1. The van der Waals surface area contributed by atoms with Gasteiger partial charge in [-0.15, -0.1) is 0 Å².